The third-order valence-corrected chi connectivity index (χ3v) is 5.06. The highest BCUT2D eigenvalue weighted by molar-refractivity contribution is 7.99. The van der Waals surface area contributed by atoms with Gasteiger partial charge in [0.15, 0.2) is 0 Å². The average molecular weight is 358 g/mol. The summed E-state index contributed by atoms with van der Waals surface area (Å²) in [6, 6.07) is 3.87. The number of hydrogen-bond acceptors (Lipinski definition) is 5. The van der Waals surface area contributed by atoms with Crippen LogP contribution in [0.15, 0.2) is 24.5 Å². The molecule has 0 saturated heterocycles. The zero-order chi connectivity index (χ0) is 17.6. The van der Waals surface area contributed by atoms with Crippen LogP contribution in [0, 0.1) is 0 Å². The van der Waals surface area contributed by atoms with Crippen LogP contribution in [0.25, 0.3) is 22.1 Å². The number of nitrogens with zero attached hydrogens (tertiary/aromatic N) is 4. The number of aliphatic carboxylic acids is 1. The first-order chi connectivity index (χ1) is 12.2. The van der Waals surface area contributed by atoms with Gasteiger partial charge in [-0.05, 0) is 37.1 Å². The minimum absolute atomic E-state index is 0.176. The third-order valence-electron chi connectivity index (χ3n) is 4.03. The van der Waals surface area contributed by atoms with Gasteiger partial charge in [0, 0.05) is 19.2 Å². The zero-order valence-electron chi connectivity index (χ0n) is 14.3. The fourth-order valence-electron chi connectivity index (χ4n) is 2.96. The summed E-state index contributed by atoms with van der Waals surface area (Å²) >= 11 is 1.47. The maximum absolute atomic E-state index is 10.6. The van der Waals surface area contributed by atoms with E-state index in [4.69, 9.17) is 10.1 Å². The Hall–Kier alpha value is -2.15. The van der Waals surface area contributed by atoms with Gasteiger partial charge in [-0.15, -0.1) is 0 Å². The molecule has 0 unspecified atom stereocenters. The van der Waals surface area contributed by atoms with E-state index in [9.17, 15) is 4.79 Å². The van der Waals surface area contributed by atoms with Crippen molar-refractivity contribution < 1.29 is 9.90 Å². The van der Waals surface area contributed by atoms with E-state index in [2.05, 4.69) is 21.5 Å². The van der Waals surface area contributed by atoms with Crippen molar-refractivity contribution in [1.29, 1.82) is 0 Å². The van der Waals surface area contributed by atoms with Crippen molar-refractivity contribution in [2.45, 2.75) is 39.2 Å². The minimum Gasteiger partial charge on any atom is -0.481 e. The van der Waals surface area contributed by atoms with Crippen molar-refractivity contribution in [1.82, 2.24) is 19.5 Å². The first-order valence-electron chi connectivity index (χ1n) is 8.59. The van der Waals surface area contributed by atoms with Gasteiger partial charge in [-0.2, -0.15) is 11.8 Å². The SMILES string of the molecule is CCCc1nc2cnc3cccnc3c2n1CCCCSCC(=O)O. The summed E-state index contributed by atoms with van der Waals surface area (Å²) in [6.07, 6.45) is 7.57. The van der Waals surface area contributed by atoms with Crippen LogP contribution in [0.2, 0.25) is 0 Å². The molecular formula is C18H22N4O2S. The van der Waals surface area contributed by atoms with Crippen molar-refractivity contribution in [3.05, 3.63) is 30.4 Å². The Morgan fingerprint density at radius 3 is 2.96 bits per heavy atom. The average Bonchev–Trinajstić information content (AvgIpc) is 2.96. The Morgan fingerprint density at radius 1 is 1.28 bits per heavy atom. The molecule has 6 nitrogen and oxygen atoms in total. The number of imidazole rings is 1. The summed E-state index contributed by atoms with van der Waals surface area (Å²) in [4.78, 5) is 24.3. The molecule has 3 aromatic rings. The number of carboxylic acids is 1. The van der Waals surface area contributed by atoms with Gasteiger partial charge in [-0.1, -0.05) is 6.92 Å². The first kappa shape index (κ1) is 17.7. The van der Waals surface area contributed by atoms with Gasteiger partial charge < -0.3 is 9.67 Å². The molecule has 132 valence electrons. The molecule has 0 aliphatic carbocycles. The van der Waals surface area contributed by atoms with E-state index in [-0.39, 0.29) is 5.75 Å². The van der Waals surface area contributed by atoms with Crippen LogP contribution >= 0.6 is 11.8 Å². The topological polar surface area (TPSA) is 80.9 Å². The molecule has 0 aliphatic rings. The van der Waals surface area contributed by atoms with E-state index in [1.165, 1.54) is 11.8 Å². The lowest BCUT2D eigenvalue weighted by atomic mass is 10.2. The number of fused-ring (bicyclic) bond motifs is 3. The highest BCUT2D eigenvalue weighted by Gasteiger charge is 2.14. The summed E-state index contributed by atoms with van der Waals surface area (Å²) in [6.45, 7) is 3.02. The normalized spacial score (nSPS) is 11.4. The lowest BCUT2D eigenvalue weighted by molar-refractivity contribution is -0.133. The first-order valence-corrected chi connectivity index (χ1v) is 9.74. The molecule has 7 heteroatoms. The predicted molar refractivity (Wildman–Crippen MR) is 101 cm³/mol. The molecule has 0 atom stereocenters. The monoisotopic (exact) mass is 358 g/mol. The Labute approximate surface area is 150 Å². The van der Waals surface area contributed by atoms with Crippen molar-refractivity contribution in [3.63, 3.8) is 0 Å². The molecule has 0 amide bonds. The van der Waals surface area contributed by atoms with E-state index in [0.717, 1.165) is 65.9 Å². The van der Waals surface area contributed by atoms with Crippen LogP contribution in [-0.4, -0.2) is 42.1 Å². The summed E-state index contributed by atoms with van der Waals surface area (Å²) < 4.78 is 2.28. The van der Waals surface area contributed by atoms with Gasteiger partial charge in [0.2, 0.25) is 0 Å². The molecule has 0 aliphatic heterocycles. The van der Waals surface area contributed by atoms with Crippen LogP contribution in [0.3, 0.4) is 0 Å². The quantitative estimate of drug-likeness (QED) is 0.589. The van der Waals surface area contributed by atoms with Gasteiger partial charge in [0.05, 0.1) is 23.0 Å². The molecule has 0 spiro atoms. The number of unbranched alkanes of at least 4 members (excludes halogenated alkanes) is 1. The number of aryl methyl sites for hydroxylation is 2. The second kappa shape index (κ2) is 8.29. The van der Waals surface area contributed by atoms with Crippen LogP contribution in [-0.2, 0) is 17.8 Å². The van der Waals surface area contributed by atoms with Crippen LogP contribution in [0.5, 0.6) is 0 Å². The van der Waals surface area contributed by atoms with Gasteiger partial charge in [0.25, 0.3) is 0 Å². The van der Waals surface area contributed by atoms with Gasteiger partial charge in [-0.3, -0.25) is 14.8 Å². The van der Waals surface area contributed by atoms with Crippen LogP contribution in [0.4, 0.5) is 0 Å². The third kappa shape index (κ3) is 4.10. The van der Waals surface area contributed by atoms with Gasteiger partial charge in [0.1, 0.15) is 16.9 Å². The maximum Gasteiger partial charge on any atom is 0.313 e. The van der Waals surface area contributed by atoms with Crippen LogP contribution < -0.4 is 0 Å². The van der Waals surface area contributed by atoms with Gasteiger partial charge in [-0.25, -0.2) is 4.98 Å². The molecule has 1 N–H and O–H groups in total. The second-order valence-electron chi connectivity index (χ2n) is 5.95. The highest BCUT2D eigenvalue weighted by atomic mass is 32.2. The van der Waals surface area contributed by atoms with E-state index in [0.29, 0.717) is 0 Å². The van der Waals surface area contributed by atoms with Crippen LogP contribution in [0.1, 0.15) is 32.0 Å². The van der Waals surface area contributed by atoms with E-state index < -0.39 is 5.97 Å². The van der Waals surface area contributed by atoms with E-state index in [1.54, 1.807) is 6.20 Å². The van der Waals surface area contributed by atoms with E-state index in [1.807, 2.05) is 18.3 Å². The second-order valence-corrected chi connectivity index (χ2v) is 7.05. The fraction of sp³-hybridized carbons (Fsp3) is 0.444. The molecule has 0 bridgehead atoms. The number of aromatic nitrogens is 4. The number of carboxylic acid groups (broad SMARTS) is 1. The largest absolute Gasteiger partial charge is 0.481 e. The predicted octanol–water partition coefficient (Wildman–Crippen LogP) is 3.53. The molecule has 0 saturated carbocycles. The Balaban J connectivity index is 1.82. The van der Waals surface area contributed by atoms with Crippen molar-refractivity contribution in [2.24, 2.45) is 0 Å². The Bertz CT molecular complexity index is 878. The number of rotatable bonds is 9. The molecule has 0 radical (unpaired) electrons. The smallest absolute Gasteiger partial charge is 0.313 e. The zero-order valence-corrected chi connectivity index (χ0v) is 15.1. The fourth-order valence-corrected chi connectivity index (χ4v) is 3.69. The summed E-state index contributed by atoms with van der Waals surface area (Å²) in [5.74, 6) is 1.37. The van der Waals surface area contributed by atoms with Crippen molar-refractivity contribution in [2.75, 3.05) is 11.5 Å². The minimum atomic E-state index is -0.749. The molecule has 3 rings (SSSR count). The Kier molecular flexibility index (Phi) is 5.86. The highest BCUT2D eigenvalue weighted by Crippen LogP contribution is 2.24. The molecule has 3 heterocycles. The maximum atomic E-state index is 10.6. The Morgan fingerprint density at radius 2 is 2.16 bits per heavy atom. The summed E-state index contributed by atoms with van der Waals surface area (Å²) in [5, 5.41) is 8.69. The number of thioether (sulfide) groups is 1. The van der Waals surface area contributed by atoms with Gasteiger partial charge >= 0.3 is 5.97 Å². The molecular weight excluding hydrogens is 336 g/mol. The van der Waals surface area contributed by atoms with E-state index >= 15 is 0 Å². The molecule has 3 aromatic heterocycles. The lowest BCUT2D eigenvalue weighted by Crippen LogP contribution is -2.05. The molecule has 0 fully saturated rings. The standard InChI is InChI=1S/C18H22N4O2S/c1-2-6-15-21-14-11-20-13-7-5-8-19-17(13)18(14)22(15)9-3-4-10-25-12-16(23)24/h5,7-8,11H,2-4,6,9-10,12H2,1H3,(H,23,24). The summed E-state index contributed by atoms with van der Waals surface area (Å²) in [7, 11) is 0. The number of pyridine rings is 2. The lowest BCUT2D eigenvalue weighted by Gasteiger charge is -2.09. The molecule has 0 aromatic carbocycles. The van der Waals surface area contributed by atoms with Crippen molar-refractivity contribution >= 4 is 39.8 Å². The van der Waals surface area contributed by atoms with Crippen molar-refractivity contribution in [3.8, 4) is 0 Å². The molecule has 25 heavy (non-hydrogen) atoms. The summed E-state index contributed by atoms with van der Waals surface area (Å²) in [5.41, 5.74) is 3.74. The number of carbonyl (C=O) groups is 1. The number of hydrogen-bond donors (Lipinski definition) is 1.